The first-order valence-electron chi connectivity index (χ1n) is 15.3. The van der Waals surface area contributed by atoms with Crippen molar-refractivity contribution in [2.24, 2.45) is 0 Å². The molecule has 2 aliphatic carbocycles. The number of para-hydroxylation sites is 1. The van der Waals surface area contributed by atoms with Gasteiger partial charge in [-0.25, -0.2) is 15.0 Å². The third-order valence-corrected chi connectivity index (χ3v) is 8.94. The van der Waals surface area contributed by atoms with Gasteiger partial charge in [0.15, 0.2) is 17.5 Å². The molecule has 9 rings (SSSR count). The number of furan rings is 1. The first-order valence-corrected chi connectivity index (χ1v) is 15.3. The zero-order chi connectivity index (χ0) is 29.7. The molecule has 1 unspecified atom stereocenters. The molecule has 2 aromatic heterocycles. The third-order valence-electron chi connectivity index (χ3n) is 8.94. The lowest BCUT2D eigenvalue weighted by Crippen LogP contribution is -2.12. The third kappa shape index (κ3) is 4.34. The highest BCUT2D eigenvalue weighted by Gasteiger charge is 2.27. The molecule has 7 aromatic rings. The molecule has 0 fully saturated rings. The van der Waals surface area contributed by atoms with Crippen LogP contribution < -0.4 is 0 Å². The van der Waals surface area contributed by atoms with E-state index in [1.165, 1.54) is 16.7 Å². The van der Waals surface area contributed by atoms with E-state index in [1.54, 1.807) is 0 Å². The van der Waals surface area contributed by atoms with Crippen LogP contribution in [0.3, 0.4) is 0 Å². The lowest BCUT2D eigenvalue weighted by molar-refractivity contribution is 0.670. The SMILES string of the molecule is C1=Cc2ccccc2C2CC(c3nc(-c4ccccc4)nc(-c4ccc(-c5ccccc5)c5oc6ccccc6c45)n3)=CC=C12. The highest BCUT2D eigenvalue weighted by Crippen LogP contribution is 2.44. The van der Waals surface area contributed by atoms with Crippen molar-refractivity contribution in [2.75, 3.05) is 0 Å². The normalized spacial score (nSPS) is 15.4. The molecule has 0 amide bonds. The van der Waals surface area contributed by atoms with Gasteiger partial charge in [-0.2, -0.15) is 0 Å². The van der Waals surface area contributed by atoms with Gasteiger partial charge in [0.1, 0.15) is 11.2 Å². The van der Waals surface area contributed by atoms with Crippen LogP contribution in [0, 0.1) is 0 Å². The average molecular weight is 578 g/mol. The summed E-state index contributed by atoms with van der Waals surface area (Å²) in [7, 11) is 0. The van der Waals surface area contributed by atoms with Crippen molar-refractivity contribution in [3.63, 3.8) is 0 Å². The maximum atomic E-state index is 6.56. The van der Waals surface area contributed by atoms with Gasteiger partial charge in [0, 0.05) is 33.4 Å². The first-order chi connectivity index (χ1) is 22.3. The highest BCUT2D eigenvalue weighted by atomic mass is 16.3. The van der Waals surface area contributed by atoms with Crippen molar-refractivity contribution in [1.82, 2.24) is 15.0 Å². The summed E-state index contributed by atoms with van der Waals surface area (Å²) in [5.41, 5.74) is 10.7. The second kappa shape index (κ2) is 10.4. The molecule has 0 saturated carbocycles. The average Bonchev–Trinajstić information content (AvgIpc) is 3.51. The van der Waals surface area contributed by atoms with E-state index in [-0.39, 0.29) is 5.92 Å². The quantitative estimate of drug-likeness (QED) is 0.209. The van der Waals surface area contributed by atoms with Gasteiger partial charge in [-0.05, 0) is 52.5 Å². The largest absolute Gasteiger partial charge is 0.455 e. The predicted molar refractivity (Wildman–Crippen MR) is 182 cm³/mol. The molecule has 0 saturated heterocycles. The van der Waals surface area contributed by atoms with Gasteiger partial charge in [0.05, 0.1) is 0 Å². The lowest BCUT2D eigenvalue weighted by Gasteiger charge is -2.28. The fourth-order valence-electron chi connectivity index (χ4n) is 6.73. The van der Waals surface area contributed by atoms with Gasteiger partial charge in [-0.15, -0.1) is 0 Å². The molecule has 2 heterocycles. The zero-order valence-electron chi connectivity index (χ0n) is 24.4. The summed E-state index contributed by atoms with van der Waals surface area (Å²) in [5.74, 6) is 2.26. The van der Waals surface area contributed by atoms with E-state index in [0.29, 0.717) is 17.5 Å². The van der Waals surface area contributed by atoms with Crippen LogP contribution >= 0.6 is 0 Å². The number of allylic oxidation sites excluding steroid dienone is 5. The smallest absolute Gasteiger partial charge is 0.164 e. The Labute approximate surface area is 260 Å². The van der Waals surface area contributed by atoms with Gasteiger partial charge in [0.25, 0.3) is 0 Å². The Morgan fingerprint density at radius 3 is 2.11 bits per heavy atom. The highest BCUT2D eigenvalue weighted by molar-refractivity contribution is 6.15. The Morgan fingerprint density at radius 2 is 1.24 bits per heavy atom. The monoisotopic (exact) mass is 577 g/mol. The minimum atomic E-state index is 0.265. The van der Waals surface area contributed by atoms with Crippen molar-refractivity contribution in [1.29, 1.82) is 0 Å². The summed E-state index contributed by atoms with van der Waals surface area (Å²) in [5, 5.41) is 2.05. The van der Waals surface area contributed by atoms with Crippen molar-refractivity contribution in [3.8, 4) is 33.9 Å². The summed E-state index contributed by atoms with van der Waals surface area (Å²) in [4.78, 5) is 15.4. The number of aromatic nitrogens is 3. The Bertz CT molecular complexity index is 2350. The molecule has 4 nitrogen and oxygen atoms in total. The van der Waals surface area contributed by atoms with Crippen LogP contribution in [0.5, 0.6) is 0 Å². The molecule has 4 heteroatoms. The van der Waals surface area contributed by atoms with E-state index in [1.807, 2.05) is 36.4 Å². The van der Waals surface area contributed by atoms with Crippen molar-refractivity contribution in [2.45, 2.75) is 12.3 Å². The van der Waals surface area contributed by atoms with Crippen molar-refractivity contribution < 1.29 is 4.42 Å². The van der Waals surface area contributed by atoms with E-state index >= 15 is 0 Å². The van der Waals surface area contributed by atoms with Crippen LogP contribution in [-0.4, -0.2) is 15.0 Å². The fraction of sp³-hybridized carbons (Fsp3) is 0.0488. The van der Waals surface area contributed by atoms with Gasteiger partial charge >= 0.3 is 0 Å². The summed E-state index contributed by atoms with van der Waals surface area (Å²) in [6, 6.07) is 41.7. The van der Waals surface area contributed by atoms with Crippen LogP contribution in [0.4, 0.5) is 0 Å². The Morgan fingerprint density at radius 1 is 0.556 bits per heavy atom. The Balaban J connectivity index is 1.26. The fourth-order valence-corrected chi connectivity index (χ4v) is 6.73. The number of hydrogen-bond acceptors (Lipinski definition) is 4. The van der Waals surface area contributed by atoms with Gasteiger partial charge in [0.2, 0.25) is 0 Å². The molecule has 1 atom stereocenters. The molecule has 5 aromatic carbocycles. The number of benzene rings is 5. The van der Waals surface area contributed by atoms with Crippen LogP contribution in [0.25, 0.3) is 67.5 Å². The molecule has 0 radical (unpaired) electrons. The topological polar surface area (TPSA) is 51.8 Å². The molecule has 0 aliphatic heterocycles. The van der Waals surface area contributed by atoms with Crippen LogP contribution in [-0.2, 0) is 0 Å². The maximum Gasteiger partial charge on any atom is 0.164 e. The summed E-state index contributed by atoms with van der Waals surface area (Å²) in [6.45, 7) is 0. The van der Waals surface area contributed by atoms with Crippen LogP contribution in [0.15, 0.2) is 150 Å². The van der Waals surface area contributed by atoms with E-state index < -0.39 is 0 Å². The molecule has 45 heavy (non-hydrogen) atoms. The summed E-state index contributed by atoms with van der Waals surface area (Å²) in [6.07, 6.45) is 9.67. The van der Waals surface area contributed by atoms with Crippen LogP contribution in [0.1, 0.15) is 29.3 Å². The molecule has 0 bridgehead atoms. The Hall–Kier alpha value is -5.87. The molecule has 0 N–H and O–H groups in total. The van der Waals surface area contributed by atoms with Gasteiger partial charge < -0.3 is 4.42 Å². The minimum absolute atomic E-state index is 0.265. The predicted octanol–water partition coefficient (Wildman–Crippen LogP) is 10.3. The number of hydrogen-bond donors (Lipinski definition) is 0. The van der Waals surface area contributed by atoms with E-state index in [0.717, 1.165) is 56.2 Å². The molecular formula is C41H27N3O. The number of rotatable bonds is 4. The van der Waals surface area contributed by atoms with Crippen molar-refractivity contribution >= 4 is 33.6 Å². The van der Waals surface area contributed by atoms with E-state index in [4.69, 9.17) is 19.4 Å². The van der Waals surface area contributed by atoms with Crippen molar-refractivity contribution in [3.05, 3.63) is 162 Å². The van der Waals surface area contributed by atoms with E-state index in [9.17, 15) is 0 Å². The Kier molecular flexibility index (Phi) is 5.91. The molecule has 0 spiro atoms. The molecule has 2 aliphatic rings. The van der Waals surface area contributed by atoms with Crippen LogP contribution in [0.2, 0.25) is 0 Å². The summed E-state index contributed by atoms with van der Waals surface area (Å²) >= 11 is 0. The molecule has 212 valence electrons. The summed E-state index contributed by atoms with van der Waals surface area (Å²) < 4.78 is 6.56. The maximum absolute atomic E-state index is 6.56. The molecular weight excluding hydrogens is 550 g/mol. The lowest BCUT2D eigenvalue weighted by atomic mass is 9.77. The van der Waals surface area contributed by atoms with Gasteiger partial charge in [-0.3, -0.25) is 0 Å². The minimum Gasteiger partial charge on any atom is -0.455 e. The standard InChI is InChI=1S/C41H27N3O/c1-3-11-26(12-4-1)32-23-24-34(37-33-17-9-10-18-36(33)45-38(32)37)41-43-39(29-14-5-2-6-15-29)42-40(44-41)30-22-21-28-20-19-27-13-7-8-16-31(27)35(28)25-30/h1-24,35H,25H2. The second-order valence-electron chi connectivity index (χ2n) is 11.6. The zero-order valence-corrected chi connectivity index (χ0v) is 24.4. The number of nitrogens with zero attached hydrogens (tertiary/aromatic N) is 3. The first kappa shape index (κ1) is 25.6. The van der Waals surface area contributed by atoms with E-state index in [2.05, 4.69) is 109 Å². The number of fused-ring (bicyclic) bond motifs is 6. The van der Waals surface area contributed by atoms with Gasteiger partial charge in [-0.1, -0.05) is 127 Å². The second-order valence-corrected chi connectivity index (χ2v) is 11.6.